The molecule has 0 saturated carbocycles. The fourth-order valence-corrected chi connectivity index (χ4v) is 0.147. The highest BCUT2D eigenvalue weighted by atomic mass is 17.6. The van der Waals surface area contributed by atoms with Gasteiger partial charge in [-0.1, -0.05) is 5.10 Å². The fraction of sp³-hybridized carbons (Fsp3) is 0. The molecule has 0 radical (unpaired) electrons. The number of nitrogens with zero attached hydrogens (tertiary/aromatic N) is 1. The molecule has 0 saturated heterocycles. The van der Waals surface area contributed by atoms with Crippen molar-refractivity contribution in [3.63, 3.8) is 0 Å². The zero-order chi connectivity index (χ0) is 4.41. The number of rotatable bonds is 0. The smallest absolute Gasteiger partial charge is 0.297 e. The van der Waals surface area contributed by atoms with Crippen molar-refractivity contribution in [3.8, 4) is 0 Å². The van der Waals surface area contributed by atoms with E-state index in [9.17, 15) is 5.26 Å². The maximum atomic E-state index is 9.62. The van der Waals surface area contributed by atoms with Crippen molar-refractivity contribution in [1.82, 2.24) is 5.59 Å². The van der Waals surface area contributed by atoms with Crippen molar-refractivity contribution in [2.45, 2.75) is 0 Å². The van der Waals surface area contributed by atoms with Crippen LogP contribution in [0.5, 0.6) is 0 Å². The summed E-state index contributed by atoms with van der Waals surface area (Å²) in [5.41, 5.74) is 1.86. The monoisotopic (exact) mass is 90.0 g/mol. The van der Waals surface area contributed by atoms with Gasteiger partial charge < -0.3 is 5.26 Å². The largest absolute Gasteiger partial charge is 0.434 e. The summed E-state index contributed by atoms with van der Waals surface area (Å²) in [6.45, 7) is 0. The lowest BCUT2D eigenvalue weighted by Crippen LogP contribution is -2.30. The first-order valence-electron chi connectivity index (χ1n) is 1.25. The first-order chi connectivity index (χ1) is 2.89. The second-order valence-corrected chi connectivity index (χ2v) is 0.657. The standard InChI is InChI=1S/CH2N2O3/c4-6-3-2-1-5-6/h1,3H. The predicted molar refractivity (Wildman–Crippen MR) is 13.8 cm³/mol. The quantitative estimate of drug-likeness (QED) is 0.282. The molecule has 6 heavy (non-hydrogen) atoms. The fourth-order valence-electron chi connectivity index (χ4n) is 0.147. The van der Waals surface area contributed by atoms with Crippen LogP contribution in [0.3, 0.4) is 0 Å². The Kier molecular flexibility index (Phi) is 0.627. The average Bonchev–Trinajstić information content (AvgIpc) is 1.86. The molecular formula is CH2N2O3. The predicted octanol–water partition coefficient (Wildman–Crippen LogP) is -1.79. The molecule has 0 fully saturated rings. The molecular weight excluding hydrogens is 88.0 g/mol. The van der Waals surface area contributed by atoms with E-state index in [0.29, 0.717) is 0 Å². The molecule has 1 heterocycles. The van der Waals surface area contributed by atoms with E-state index < -0.39 is 0 Å². The van der Waals surface area contributed by atoms with E-state index in [1.807, 2.05) is 5.59 Å². The molecule has 1 aliphatic heterocycles. The van der Waals surface area contributed by atoms with Gasteiger partial charge in [0.05, 0.1) is 0 Å². The van der Waals surface area contributed by atoms with Gasteiger partial charge in [0.2, 0.25) is 0 Å². The Morgan fingerprint density at radius 1 is 2.00 bits per heavy atom. The van der Waals surface area contributed by atoms with Gasteiger partial charge >= 0.3 is 0 Å². The van der Waals surface area contributed by atoms with Crippen LogP contribution in [0, 0.1) is 0 Å². The van der Waals surface area contributed by atoms with E-state index in [0.717, 1.165) is 11.2 Å². The minimum atomic E-state index is 0.796. The summed E-state index contributed by atoms with van der Waals surface area (Å²) in [7, 11) is 0. The highest BCUT2D eigenvalue weighted by molar-refractivity contribution is 5.45. The topological polar surface area (TPSA) is 59.4 Å². The summed E-state index contributed by atoms with van der Waals surface area (Å²) >= 11 is 0. The van der Waals surface area contributed by atoms with Crippen molar-refractivity contribution in [2.24, 2.45) is 5.10 Å². The molecule has 1 N–H and O–H groups in total. The maximum Gasteiger partial charge on any atom is 0.297 e. The summed E-state index contributed by atoms with van der Waals surface area (Å²) in [6.07, 6.45) is 0.970. The molecule has 5 heteroatoms. The number of hydrogen-bond acceptors (Lipinski definition) is 4. The zero-order valence-electron chi connectivity index (χ0n) is 2.75. The Bertz CT molecular complexity index is 63.2. The van der Waals surface area contributed by atoms with Gasteiger partial charge in [-0.2, -0.15) is 4.89 Å². The van der Waals surface area contributed by atoms with Crippen LogP contribution in [-0.2, 0) is 9.66 Å². The number of hydrogen-bond donors (Lipinski definition) is 1. The van der Waals surface area contributed by atoms with Gasteiger partial charge in [0, 0.05) is 0 Å². The van der Waals surface area contributed by atoms with E-state index in [4.69, 9.17) is 0 Å². The molecule has 5 nitrogen and oxygen atoms in total. The van der Waals surface area contributed by atoms with Crippen molar-refractivity contribution in [3.05, 3.63) is 0 Å². The first-order valence-corrected chi connectivity index (χ1v) is 1.25. The molecule has 0 amide bonds. The van der Waals surface area contributed by atoms with Gasteiger partial charge in [0.15, 0.2) is 0 Å². The summed E-state index contributed by atoms with van der Waals surface area (Å²) in [6, 6.07) is 0. The van der Waals surface area contributed by atoms with Gasteiger partial charge in [-0.15, -0.1) is 0 Å². The molecule has 1 aliphatic rings. The summed E-state index contributed by atoms with van der Waals surface area (Å²) in [5, 5.41) is 12.8. The Balaban J connectivity index is 2.32. The van der Waals surface area contributed by atoms with Gasteiger partial charge in [0.1, 0.15) is 0 Å². The molecule has 0 aromatic carbocycles. The lowest BCUT2D eigenvalue weighted by molar-refractivity contribution is -0.909. The van der Waals surface area contributed by atoms with Crippen molar-refractivity contribution >= 4 is 6.40 Å². The summed E-state index contributed by atoms with van der Waals surface area (Å²) in [5.74, 6) is 0. The molecule has 1 rings (SSSR count). The van der Waals surface area contributed by atoms with Crippen LogP contribution in [0.15, 0.2) is 5.10 Å². The lowest BCUT2D eigenvalue weighted by Gasteiger charge is -1.99. The Hall–Kier alpha value is -0.810. The zero-order valence-corrected chi connectivity index (χ0v) is 2.75. The van der Waals surface area contributed by atoms with Crippen molar-refractivity contribution < 1.29 is 14.9 Å². The third-order valence-electron chi connectivity index (χ3n) is 0.310. The first kappa shape index (κ1) is 3.38. The van der Waals surface area contributed by atoms with Crippen LogP contribution in [0.2, 0.25) is 0 Å². The Morgan fingerprint density at radius 3 is 3.00 bits per heavy atom. The van der Waals surface area contributed by atoms with Gasteiger partial charge in [-0.3, -0.25) is 0 Å². The average molecular weight is 90.0 g/mol. The second-order valence-electron chi connectivity index (χ2n) is 0.657. The summed E-state index contributed by atoms with van der Waals surface area (Å²) < 4.78 is 0.796. The Morgan fingerprint density at radius 2 is 2.83 bits per heavy atom. The highest BCUT2D eigenvalue weighted by Gasteiger charge is 2.00. The second kappa shape index (κ2) is 1.11. The SMILES string of the molecule is [O-][O+]1NN=CO1. The number of hydrazone groups is 1. The highest BCUT2D eigenvalue weighted by Crippen LogP contribution is 1.82. The third-order valence-corrected chi connectivity index (χ3v) is 0.310. The van der Waals surface area contributed by atoms with Crippen LogP contribution in [-0.4, -0.2) is 6.40 Å². The van der Waals surface area contributed by atoms with E-state index in [1.165, 1.54) is 0 Å². The van der Waals surface area contributed by atoms with Crippen LogP contribution in [0.4, 0.5) is 0 Å². The summed E-state index contributed by atoms with van der Waals surface area (Å²) in [4.78, 5) is 3.94. The molecule has 0 unspecified atom stereocenters. The third kappa shape index (κ3) is 0.399. The van der Waals surface area contributed by atoms with Crippen molar-refractivity contribution in [1.29, 1.82) is 0 Å². The lowest BCUT2D eigenvalue weighted by atomic mass is 11.5. The van der Waals surface area contributed by atoms with E-state index >= 15 is 0 Å². The molecule has 0 aliphatic carbocycles. The van der Waals surface area contributed by atoms with E-state index in [1.54, 1.807) is 0 Å². The van der Waals surface area contributed by atoms with Crippen LogP contribution >= 0.6 is 0 Å². The van der Waals surface area contributed by atoms with Crippen molar-refractivity contribution in [2.75, 3.05) is 0 Å². The van der Waals surface area contributed by atoms with Crippen LogP contribution < -0.4 is 10.8 Å². The van der Waals surface area contributed by atoms with Gasteiger partial charge in [-0.25, -0.2) is 0 Å². The molecule has 0 aromatic heterocycles. The Labute approximate surface area is 33.3 Å². The molecule has 0 aromatic rings. The van der Waals surface area contributed by atoms with E-state index in [2.05, 4.69) is 9.99 Å². The minimum Gasteiger partial charge on any atom is -0.434 e. The van der Waals surface area contributed by atoms with Crippen LogP contribution in [0.25, 0.3) is 0 Å². The molecule has 0 spiro atoms. The minimum absolute atomic E-state index is 0.796. The van der Waals surface area contributed by atoms with Gasteiger partial charge in [0.25, 0.3) is 6.40 Å². The number of nitrogens with one attached hydrogen (secondary N) is 1. The molecule has 0 atom stereocenters. The molecule has 0 bridgehead atoms. The van der Waals surface area contributed by atoms with Gasteiger partial charge in [-0.05, 0) is 10.4 Å². The maximum absolute atomic E-state index is 9.62. The normalized spacial score (nSPS) is 20.2. The van der Waals surface area contributed by atoms with E-state index in [-0.39, 0.29) is 0 Å². The van der Waals surface area contributed by atoms with Crippen LogP contribution in [0.1, 0.15) is 0 Å². The molecule has 34 valence electrons.